The third-order valence-corrected chi connectivity index (χ3v) is 8.52. The Kier molecular flexibility index (Phi) is 8.22. The van der Waals surface area contributed by atoms with Gasteiger partial charge < -0.3 is 4.74 Å². The second kappa shape index (κ2) is 11.3. The van der Waals surface area contributed by atoms with Crippen molar-refractivity contribution in [1.82, 2.24) is 5.43 Å². The highest BCUT2D eigenvalue weighted by Gasteiger charge is 2.28. The Morgan fingerprint density at radius 2 is 1.80 bits per heavy atom. The van der Waals surface area contributed by atoms with Crippen LogP contribution in [-0.2, 0) is 14.8 Å². The minimum atomic E-state index is -4.10. The second-order valence-electron chi connectivity index (χ2n) is 7.56. The van der Waals surface area contributed by atoms with Gasteiger partial charge in [0.1, 0.15) is 18.4 Å². The van der Waals surface area contributed by atoms with Crippen LogP contribution in [0.5, 0.6) is 5.75 Å². The van der Waals surface area contributed by atoms with Gasteiger partial charge in [-0.15, -0.1) is 0 Å². The average Bonchev–Trinajstić information content (AvgIpc) is 2.82. The van der Waals surface area contributed by atoms with Crippen LogP contribution >= 0.6 is 35.0 Å². The summed E-state index contributed by atoms with van der Waals surface area (Å²) in [6.45, 7) is -0.540. The molecule has 1 heterocycles. The van der Waals surface area contributed by atoms with Crippen molar-refractivity contribution in [3.8, 4) is 5.75 Å². The zero-order valence-corrected chi connectivity index (χ0v) is 21.4. The molecule has 0 radical (unpaired) electrons. The molecule has 0 saturated carbocycles. The molecule has 1 aliphatic rings. The van der Waals surface area contributed by atoms with Gasteiger partial charge in [0.25, 0.3) is 15.9 Å². The summed E-state index contributed by atoms with van der Waals surface area (Å²) < 4.78 is 33.4. The number of hydrogen-bond donors (Lipinski definition) is 1. The number of nitrogens with one attached hydrogen (secondary N) is 1. The molecule has 0 spiro atoms. The van der Waals surface area contributed by atoms with Gasteiger partial charge in [0.2, 0.25) is 0 Å². The van der Waals surface area contributed by atoms with Crippen LogP contribution in [0.4, 0.5) is 5.69 Å². The van der Waals surface area contributed by atoms with E-state index in [2.05, 4.69) is 10.5 Å². The van der Waals surface area contributed by atoms with Crippen molar-refractivity contribution in [1.29, 1.82) is 0 Å². The van der Waals surface area contributed by atoms with Crippen LogP contribution in [0.3, 0.4) is 0 Å². The normalized spacial score (nSPS) is 13.9. The summed E-state index contributed by atoms with van der Waals surface area (Å²) in [5.74, 6) is 2.12. The zero-order valence-electron chi connectivity index (χ0n) is 18.3. The predicted molar refractivity (Wildman–Crippen MR) is 141 cm³/mol. The van der Waals surface area contributed by atoms with Gasteiger partial charge in [-0.25, -0.2) is 13.8 Å². The highest BCUT2D eigenvalue weighted by Crippen LogP contribution is 2.32. The Morgan fingerprint density at radius 1 is 1.09 bits per heavy atom. The maximum atomic E-state index is 13.3. The molecular weight excluding hydrogens is 529 g/mol. The molecule has 11 heteroatoms. The van der Waals surface area contributed by atoms with Gasteiger partial charge in [0, 0.05) is 16.5 Å². The van der Waals surface area contributed by atoms with E-state index in [4.69, 9.17) is 27.9 Å². The van der Waals surface area contributed by atoms with Gasteiger partial charge in [0.05, 0.1) is 21.8 Å². The van der Waals surface area contributed by atoms with Crippen LogP contribution in [0.15, 0.2) is 82.8 Å². The SMILES string of the molecule is O=C(CN(c1ccc(Cl)cc1Cl)S(=O)(=O)c1ccccc1)N/N=C\c1ccc(OC2CSC2)cc1. The van der Waals surface area contributed by atoms with Crippen LogP contribution in [0.1, 0.15) is 5.56 Å². The second-order valence-corrected chi connectivity index (χ2v) is 11.3. The Hall–Kier alpha value is -2.72. The number of amides is 1. The molecule has 1 aliphatic heterocycles. The van der Waals surface area contributed by atoms with Gasteiger partial charge >= 0.3 is 0 Å². The number of rotatable bonds is 9. The van der Waals surface area contributed by atoms with Crippen LogP contribution in [0.25, 0.3) is 0 Å². The number of anilines is 1. The molecule has 3 aromatic carbocycles. The fraction of sp³-hybridized carbons (Fsp3) is 0.167. The van der Waals surface area contributed by atoms with E-state index >= 15 is 0 Å². The molecular formula is C24H21Cl2N3O4S2. The molecule has 0 aliphatic carbocycles. The summed E-state index contributed by atoms with van der Waals surface area (Å²) in [5, 5.41) is 4.39. The molecule has 35 heavy (non-hydrogen) atoms. The molecule has 0 unspecified atom stereocenters. The van der Waals surface area contributed by atoms with Gasteiger partial charge in [-0.2, -0.15) is 16.9 Å². The first kappa shape index (κ1) is 25.4. The van der Waals surface area contributed by atoms with Crippen LogP contribution in [0.2, 0.25) is 10.0 Å². The number of nitrogens with zero attached hydrogens (tertiary/aromatic N) is 2. The van der Waals surface area contributed by atoms with Crippen molar-refractivity contribution in [3.63, 3.8) is 0 Å². The first-order chi connectivity index (χ1) is 16.8. The Morgan fingerprint density at radius 3 is 2.43 bits per heavy atom. The van der Waals surface area contributed by atoms with E-state index < -0.39 is 22.5 Å². The van der Waals surface area contributed by atoms with E-state index in [1.807, 2.05) is 36.0 Å². The molecule has 4 rings (SSSR count). The number of thioether (sulfide) groups is 1. The number of carbonyl (C=O) groups excluding carboxylic acids is 1. The van der Waals surface area contributed by atoms with Crippen molar-refractivity contribution >= 4 is 62.8 Å². The molecule has 0 aromatic heterocycles. The smallest absolute Gasteiger partial charge is 0.264 e. The lowest BCUT2D eigenvalue weighted by molar-refractivity contribution is -0.119. The minimum Gasteiger partial charge on any atom is -0.489 e. The standard InChI is InChI=1S/C24H21Cl2N3O4S2/c25-18-8-11-23(22(26)12-18)29(35(31,32)21-4-2-1-3-5-21)14-24(30)28-27-13-17-6-9-19(10-7-17)33-20-15-34-16-20/h1-13,20H,14-16H2,(H,28,30)/b27-13-. The summed E-state index contributed by atoms with van der Waals surface area (Å²) in [6.07, 6.45) is 1.72. The van der Waals surface area contributed by atoms with E-state index in [1.165, 1.54) is 36.5 Å². The molecule has 182 valence electrons. The van der Waals surface area contributed by atoms with E-state index in [0.717, 1.165) is 27.1 Å². The first-order valence-electron chi connectivity index (χ1n) is 10.5. The number of ether oxygens (including phenoxy) is 1. The van der Waals surface area contributed by atoms with Crippen molar-refractivity contribution in [2.75, 3.05) is 22.4 Å². The number of hydrazone groups is 1. The Bertz CT molecular complexity index is 1320. The molecule has 1 amide bonds. The number of hydrogen-bond acceptors (Lipinski definition) is 6. The number of sulfonamides is 1. The van der Waals surface area contributed by atoms with Gasteiger partial charge in [-0.3, -0.25) is 9.10 Å². The summed E-state index contributed by atoms with van der Waals surface area (Å²) in [7, 11) is -4.10. The van der Waals surface area contributed by atoms with Crippen LogP contribution < -0.4 is 14.5 Å². The molecule has 1 saturated heterocycles. The molecule has 1 fully saturated rings. The number of carbonyl (C=O) groups is 1. The maximum absolute atomic E-state index is 13.3. The monoisotopic (exact) mass is 549 g/mol. The summed E-state index contributed by atoms with van der Waals surface area (Å²) >= 11 is 14.1. The first-order valence-corrected chi connectivity index (χ1v) is 13.9. The van der Waals surface area contributed by atoms with E-state index in [0.29, 0.717) is 5.02 Å². The maximum Gasteiger partial charge on any atom is 0.264 e. The third kappa shape index (κ3) is 6.49. The molecule has 7 nitrogen and oxygen atoms in total. The van der Waals surface area contributed by atoms with E-state index in [1.54, 1.807) is 18.2 Å². The number of benzene rings is 3. The van der Waals surface area contributed by atoms with Crippen LogP contribution in [0, 0.1) is 0 Å². The van der Waals surface area contributed by atoms with Crippen molar-refractivity contribution in [2.45, 2.75) is 11.0 Å². The van der Waals surface area contributed by atoms with E-state index in [9.17, 15) is 13.2 Å². The highest BCUT2D eigenvalue weighted by molar-refractivity contribution is 8.00. The van der Waals surface area contributed by atoms with Crippen molar-refractivity contribution in [3.05, 3.63) is 88.4 Å². The average molecular weight is 550 g/mol. The summed E-state index contributed by atoms with van der Waals surface area (Å²) in [6, 6.07) is 19.5. The zero-order chi connectivity index (χ0) is 24.8. The fourth-order valence-electron chi connectivity index (χ4n) is 3.15. The van der Waals surface area contributed by atoms with E-state index in [-0.39, 0.29) is 21.7 Å². The quantitative estimate of drug-likeness (QED) is 0.305. The lowest BCUT2D eigenvalue weighted by Crippen LogP contribution is -2.39. The molecule has 1 N–H and O–H groups in total. The van der Waals surface area contributed by atoms with Gasteiger partial charge in [-0.1, -0.05) is 41.4 Å². The minimum absolute atomic E-state index is 0.0186. The Labute approximate surface area is 218 Å². The van der Waals surface area contributed by atoms with Crippen molar-refractivity contribution in [2.24, 2.45) is 5.10 Å². The molecule has 0 atom stereocenters. The molecule has 0 bridgehead atoms. The van der Waals surface area contributed by atoms with Gasteiger partial charge in [-0.05, 0) is 60.2 Å². The third-order valence-electron chi connectivity index (χ3n) is 4.99. The topological polar surface area (TPSA) is 88.1 Å². The number of halogens is 2. The predicted octanol–water partition coefficient (Wildman–Crippen LogP) is 4.83. The van der Waals surface area contributed by atoms with Gasteiger partial charge in [0.15, 0.2) is 0 Å². The van der Waals surface area contributed by atoms with Crippen molar-refractivity contribution < 1.29 is 17.9 Å². The van der Waals surface area contributed by atoms with Crippen LogP contribution in [-0.4, -0.2) is 44.7 Å². The fourth-order valence-corrected chi connectivity index (χ4v) is 5.74. The lowest BCUT2D eigenvalue weighted by atomic mass is 10.2. The lowest BCUT2D eigenvalue weighted by Gasteiger charge is -2.25. The largest absolute Gasteiger partial charge is 0.489 e. The summed E-state index contributed by atoms with van der Waals surface area (Å²) in [5.41, 5.74) is 3.24. The Balaban J connectivity index is 1.47. The highest BCUT2D eigenvalue weighted by atomic mass is 35.5. The molecule has 3 aromatic rings. The summed E-state index contributed by atoms with van der Waals surface area (Å²) in [4.78, 5) is 12.7.